The molecule has 0 saturated heterocycles. The first kappa shape index (κ1) is 13.7. The largest absolute Gasteiger partial charge is 0.497 e. The molecule has 0 aromatic carbocycles. The average Bonchev–Trinajstić information content (AvgIpc) is 2.38. The van der Waals surface area contributed by atoms with Gasteiger partial charge in [-0.3, -0.25) is 0 Å². The molecule has 0 radical (unpaired) electrons. The molecule has 0 bridgehead atoms. The normalized spacial score (nSPS) is 31.4. The first-order valence-corrected chi connectivity index (χ1v) is 6.63. The minimum atomic E-state index is -4.05. The minimum Gasteiger partial charge on any atom is -0.497 e. The summed E-state index contributed by atoms with van der Waals surface area (Å²) in [6.45, 7) is 0.678. The van der Waals surface area contributed by atoms with Gasteiger partial charge in [-0.15, -0.1) is 0 Å². The summed E-state index contributed by atoms with van der Waals surface area (Å²) in [7, 11) is 0. The highest BCUT2D eigenvalue weighted by Crippen LogP contribution is 2.41. The summed E-state index contributed by atoms with van der Waals surface area (Å²) < 4.78 is 43.2. The van der Waals surface area contributed by atoms with E-state index in [4.69, 9.17) is 10.5 Å². The predicted octanol–water partition coefficient (Wildman–Crippen LogP) is 3.38. The van der Waals surface area contributed by atoms with Crippen molar-refractivity contribution in [3.8, 4) is 0 Å². The fraction of sp³-hybridized carbons (Fsp3) is 0.846. The lowest BCUT2D eigenvalue weighted by molar-refractivity contribution is -0.184. The van der Waals surface area contributed by atoms with Crippen LogP contribution in [0.4, 0.5) is 13.2 Å². The van der Waals surface area contributed by atoms with Gasteiger partial charge in [-0.25, -0.2) is 0 Å². The highest BCUT2D eigenvalue weighted by molar-refractivity contribution is 5.07. The van der Waals surface area contributed by atoms with Crippen LogP contribution >= 0.6 is 0 Å². The van der Waals surface area contributed by atoms with Crippen molar-refractivity contribution in [2.75, 3.05) is 6.61 Å². The second-order valence-corrected chi connectivity index (χ2v) is 5.28. The van der Waals surface area contributed by atoms with Gasteiger partial charge in [0.1, 0.15) is 5.76 Å². The average molecular weight is 263 g/mol. The lowest BCUT2D eigenvalue weighted by Gasteiger charge is -2.34. The van der Waals surface area contributed by atoms with E-state index in [0.717, 1.165) is 18.6 Å². The number of hydrogen-bond donors (Lipinski definition) is 1. The quantitative estimate of drug-likeness (QED) is 0.829. The van der Waals surface area contributed by atoms with Crippen molar-refractivity contribution in [2.45, 2.75) is 50.7 Å². The minimum absolute atomic E-state index is 0.132. The zero-order chi connectivity index (χ0) is 13.2. The van der Waals surface area contributed by atoms with Crippen LogP contribution in [-0.4, -0.2) is 18.8 Å². The van der Waals surface area contributed by atoms with Crippen LogP contribution in [0.3, 0.4) is 0 Å². The van der Waals surface area contributed by atoms with E-state index < -0.39 is 12.1 Å². The van der Waals surface area contributed by atoms with Gasteiger partial charge < -0.3 is 10.5 Å². The van der Waals surface area contributed by atoms with Crippen LogP contribution in [0, 0.1) is 11.8 Å². The van der Waals surface area contributed by atoms with Gasteiger partial charge in [-0.2, -0.15) is 13.2 Å². The van der Waals surface area contributed by atoms with E-state index in [-0.39, 0.29) is 24.8 Å². The summed E-state index contributed by atoms with van der Waals surface area (Å²) in [6, 6.07) is -0.223. The summed E-state index contributed by atoms with van der Waals surface area (Å²) in [5.74, 6) is -0.216. The molecular formula is C13H20F3NO. The third kappa shape index (κ3) is 3.19. The van der Waals surface area contributed by atoms with Crippen molar-refractivity contribution < 1.29 is 17.9 Å². The molecule has 1 fully saturated rings. The summed E-state index contributed by atoms with van der Waals surface area (Å²) in [5.41, 5.74) is 6.10. The molecule has 104 valence electrons. The third-order valence-corrected chi connectivity index (χ3v) is 4.03. The van der Waals surface area contributed by atoms with Crippen molar-refractivity contribution >= 4 is 0 Å². The van der Waals surface area contributed by atoms with Gasteiger partial charge in [0.2, 0.25) is 0 Å². The molecule has 5 heteroatoms. The van der Waals surface area contributed by atoms with Crippen molar-refractivity contribution in [3.05, 3.63) is 11.8 Å². The van der Waals surface area contributed by atoms with Gasteiger partial charge in [0, 0.05) is 0 Å². The molecule has 2 N–H and O–H groups in total. The van der Waals surface area contributed by atoms with Crippen LogP contribution in [0.2, 0.25) is 0 Å². The number of alkyl halides is 3. The van der Waals surface area contributed by atoms with Crippen LogP contribution in [0.25, 0.3) is 0 Å². The van der Waals surface area contributed by atoms with Gasteiger partial charge >= 0.3 is 6.18 Å². The van der Waals surface area contributed by atoms with Gasteiger partial charge in [0.15, 0.2) is 0 Å². The summed E-state index contributed by atoms with van der Waals surface area (Å²) >= 11 is 0. The van der Waals surface area contributed by atoms with Gasteiger partial charge in [-0.05, 0) is 50.5 Å². The van der Waals surface area contributed by atoms with E-state index >= 15 is 0 Å². The Hall–Kier alpha value is -0.710. The topological polar surface area (TPSA) is 35.2 Å². The number of ether oxygens (including phenoxy) is 1. The fourth-order valence-corrected chi connectivity index (χ4v) is 2.85. The number of halogens is 3. The molecule has 2 nitrogen and oxygen atoms in total. The van der Waals surface area contributed by atoms with Gasteiger partial charge in [0.05, 0.1) is 18.6 Å². The molecule has 18 heavy (non-hydrogen) atoms. The lowest BCUT2D eigenvalue weighted by Crippen LogP contribution is -2.38. The molecule has 1 heterocycles. The van der Waals surface area contributed by atoms with E-state index in [1.165, 1.54) is 0 Å². The number of nitrogens with two attached hydrogens (primary N) is 1. The molecule has 0 aromatic heterocycles. The smallest absolute Gasteiger partial charge is 0.391 e. The van der Waals surface area contributed by atoms with Crippen molar-refractivity contribution in [3.63, 3.8) is 0 Å². The zero-order valence-electron chi connectivity index (χ0n) is 10.4. The first-order chi connectivity index (χ1) is 8.48. The van der Waals surface area contributed by atoms with Crippen LogP contribution < -0.4 is 5.73 Å². The molecular weight excluding hydrogens is 243 g/mol. The molecule has 1 aliphatic heterocycles. The fourth-order valence-electron chi connectivity index (χ4n) is 2.85. The molecule has 2 rings (SSSR count). The maximum Gasteiger partial charge on any atom is 0.391 e. The van der Waals surface area contributed by atoms with E-state index in [9.17, 15) is 13.2 Å². The molecule has 2 aliphatic rings. The summed E-state index contributed by atoms with van der Waals surface area (Å²) in [4.78, 5) is 0. The predicted molar refractivity (Wildman–Crippen MR) is 62.7 cm³/mol. The second-order valence-electron chi connectivity index (χ2n) is 5.28. The number of allylic oxidation sites excluding steroid dienone is 1. The molecule has 0 aromatic rings. The molecule has 1 saturated carbocycles. The molecule has 1 unspecified atom stereocenters. The Morgan fingerprint density at radius 3 is 2.39 bits per heavy atom. The van der Waals surface area contributed by atoms with Crippen molar-refractivity contribution in [2.24, 2.45) is 17.6 Å². The number of hydrogen-bond acceptors (Lipinski definition) is 2. The van der Waals surface area contributed by atoms with E-state index in [0.29, 0.717) is 19.4 Å². The molecule has 1 aliphatic carbocycles. The molecule has 0 spiro atoms. The Kier molecular flexibility index (Phi) is 4.20. The van der Waals surface area contributed by atoms with E-state index in [1.54, 1.807) is 0 Å². The summed E-state index contributed by atoms with van der Waals surface area (Å²) in [5, 5.41) is 0. The third-order valence-electron chi connectivity index (χ3n) is 4.03. The molecule has 1 atom stereocenters. The van der Waals surface area contributed by atoms with Crippen LogP contribution in [0.15, 0.2) is 11.8 Å². The first-order valence-electron chi connectivity index (χ1n) is 6.63. The Balaban J connectivity index is 1.87. The SMILES string of the molecule is NC(C1=CCCCO1)C1CCC(C(F)(F)F)CC1. The van der Waals surface area contributed by atoms with E-state index in [1.807, 2.05) is 6.08 Å². The van der Waals surface area contributed by atoms with Crippen molar-refractivity contribution in [1.82, 2.24) is 0 Å². The maximum absolute atomic E-state index is 12.6. The Labute approximate surface area is 105 Å². The van der Waals surface area contributed by atoms with Crippen molar-refractivity contribution in [1.29, 1.82) is 0 Å². The maximum atomic E-state index is 12.6. The Morgan fingerprint density at radius 1 is 1.22 bits per heavy atom. The Bertz CT molecular complexity index is 306. The highest BCUT2D eigenvalue weighted by atomic mass is 19.4. The number of rotatable bonds is 2. The standard InChI is InChI=1S/C13H20F3NO/c14-13(15,16)10-6-4-9(5-7-10)12(17)11-3-1-2-8-18-11/h3,9-10,12H,1-2,4-8,17H2. The molecule has 0 amide bonds. The van der Waals surface area contributed by atoms with Crippen LogP contribution in [0.5, 0.6) is 0 Å². The lowest BCUT2D eigenvalue weighted by atomic mass is 9.78. The second kappa shape index (κ2) is 5.51. The Morgan fingerprint density at radius 2 is 1.89 bits per heavy atom. The monoisotopic (exact) mass is 263 g/mol. The zero-order valence-corrected chi connectivity index (χ0v) is 10.4. The van der Waals surface area contributed by atoms with Gasteiger partial charge in [0.25, 0.3) is 0 Å². The summed E-state index contributed by atoms with van der Waals surface area (Å²) in [6.07, 6.45) is 1.40. The van der Waals surface area contributed by atoms with Gasteiger partial charge in [-0.1, -0.05) is 0 Å². The highest BCUT2D eigenvalue weighted by Gasteiger charge is 2.42. The van der Waals surface area contributed by atoms with E-state index in [2.05, 4.69) is 0 Å². The van der Waals surface area contributed by atoms with Crippen LogP contribution in [0.1, 0.15) is 38.5 Å². The van der Waals surface area contributed by atoms with Crippen LogP contribution in [-0.2, 0) is 4.74 Å².